The van der Waals surface area contributed by atoms with E-state index in [0.29, 0.717) is 10.6 Å². The van der Waals surface area contributed by atoms with Gasteiger partial charge in [-0.3, -0.25) is 9.59 Å². The number of esters is 1. The molecular formula is C17H12ClNO4. The summed E-state index contributed by atoms with van der Waals surface area (Å²) in [5.74, 6) is -1.03. The molecule has 0 aliphatic carbocycles. The molecule has 0 bridgehead atoms. The average Bonchev–Trinajstić information content (AvgIpc) is 2.87. The highest BCUT2D eigenvalue weighted by Crippen LogP contribution is 2.32. The Morgan fingerprint density at radius 1 is 0.957 bits per heavy atom. The first-order chi connectivity index (χ1) is 11.1. The van der Waals surface area contributed by atoms with E-state index in [-0.39, 0.29) is 36.1 Å². The van der Waals surface area contributed by atoms with Gasteiger partial charge in [-0.05, 0) is 36.4 Å². The van der Waals surface area contributed by atoms with E-state index in [4.69, 9.17) is 16.3 Å². The third-order valence-corrected chi connectivity index (χ3v) is 3.69. The highest BCUT2D eigenvalue weighted by molar-refractivity contribution is 6.30. The first-order valence-corrected chi connectivity index (χ1v) is 7.36. The molecule has 0 N–H and O–H groups in total. The Morgan fingerprint density at radius 3 is 2.22 bits per heavy atom. The molecule has 2 aromatic carbocycles. The molecule has 0 atom stereocenters. The molecule has 3 rings (SSSR count). The minimum absolute atomic E-state index is 0.163. The molecule has 2 aromatic rings. The third kappa shape index (κ3) is 3.10. The van der Waals surface area contributed by atoms with Crippen molar-refractivity contribution in [3.05, 3.63) is 59.1 Å². The van der Waals surface area contributed by atoms with Gasteiger partial charge in [0.05, 0.1) is 11.3 Å². The quantitative estimate of drug-likeness (QED) is 0.493. The van der Waals surface area contributed by atoms with Gasteiger partial charge in [0, 0.05) is 17.9 Å². The van der Waals surface area contributed by atoms with Crippen molar-refractivity contribution in [2.75, 3.05) is 4.90 Å². The molecule has 1 heterocycles. The Kier molecular flexibility index (Phi) is 4.12. The number of hydrogen-bond acceptors (Lipinski definition) is 4. The van der Waals surface area contributed by atoms with Crippen molar-refractivity contribution in [2.24, 2.45) is 0 Å². The summed E-state index contributed by atoms with van der Waals surface area (Å²) in [6.07, 6.45) is 0.330. The maximum absolute atomic E-state index is 12.2. The number of carbonyl (C=O) groups is 3. The van der Waals surface area contributed by atoms with E-state index in [1.54, 1.807) is 48.5 Å². The molecule has 5 nitrogen and oxygen atoms in total. The Labute approximate surface area is 137 Å². The van der Waals surface area contributed by atoms with Gasteiger partial charge in [0.2, 0.25) is 11.8 Å². The van der Waals surface area contributed by atoms with E-state index < -0.39 is 5.97 Å². The maximum Gasteiger partial charge on any atom is 0.343 e. The van der Waals surface area contributed by atoms with Crippen LogP contribution in [-0.2, 0) is 9.59 Å². The smallest absolute Gasteiger partial charge is 0.343 e. The van der Waals surface area contributed by atoms with E-state index in [9.17, 15) is 14.4 Å². The van der Waals surface area contributed by atoms with Gasteiger partial charge in [-0.25, -0.2) is 9.69 Å². The summed E-state index contributed by atoms with van der Waals surface area (Å²) >= 11 is 5.79. The summed E-state index contributed by atoms with van der Waals surface area (Å²) in [7, 11) is 0. The van der Waals surface area contributed by atoms with Crippen molar-refractivity contribution in [1.29, 1.82) is 0 Å². The molecule has 0 saturated carbocycles. The SMILES string of the molecule is O=C(Oc1ccccc1N1C(=O)CCC1=O)c1ccc(Cl)cc1. The van der Waals surface area contributed by atoms with Crippen LogP contribution in [-0.4, -0.2) is 17.8 Å². The van der Waals surface area contributed by atoms with Crippen LogP contribution in [0.25, 0.3) is 0 Å². The van der Waals surface area contributed by atoms with Crippen LogP contribution in [0.1, 0.15) is 23.2 Å². The van der Waals surface area contributed by atoms with Gasteiger partial charge in [-0.1, -0.05) is 23.7 Å². The second kappa shape index (κ2) is 6.22. The van der Waals surface area contributed by atoms with Crippen molar-refractivity contribution in [2.45, 2.75) is 12.8 Å². The number of carbonyl (C=O) groups excluding carboxylic acids is 3. The third-order valence-electron chi connectivity index (χ3n) is 3.44. The molecule has 1 saturated heterocycles. The largest absolute Gasteiger partial charge is 0.421 e. The summed E-state index contributed by atoms with van der Waals surface area (Å²) in [4.78, 5) is 37.0. The predicted octanol–water partition coefficient (Wildman–Crippen LogP) is 3.21. The topological polar surface area (TPSA) is 63.7 Å². The molecule has 1 fully saturated rings. The van der Waals surface area contributed by atoms with Gasteiger partial charge in [0.1, 0.15) is 0 Å². The first kappa shape index (κ1) is 15.2. The summed E-state index contributed by atoms with van der Waals surface area (Å²) in [5.41, 5.74) is 0.602. The van der Waals surface area contributed by atoms with Gasteiger partial charge in [-0.15, -0.1) is 0 Å². The van der Waals surface area contributed by atoms with Crippen molar-refractivity contribution >= 4 is 35.1 Å². The van der Waals surface area contributed by atoms with Gasteiger partial charge in [0.25, 0.3) is 0 Å². The fourth-order valence-electron chi connectivity index (χ4n) is 2.32. The van der Waals surface area contributed by atoms with Crippen LogP contribution in [0.4, 0.5) is 5.69 Å². The normalized spacial score (nSPS) is 14.2. The zero-order valence-electron chi connectivity index (χ0n) is 12.0. The van der Waals surface area contributed by atoms with E-state index in [2.05, 4.69) is 0 Å². The van der Waals surface area contributed by atoms with Crippen LogP contribution in [0.3, 0.4) is 0 Å². The second-order valence-electron chi connectivity index (χ2n) is 4.99. The molecule has 2 amide bonds. The van der Waals surface area contributed by atoms with Gasteiger partial charge >= 0.3 is 5.97 Å². The number of amides is 2. The average molecular weight is 330 g/mol. The molecule has 0 aromatic heterocycles. The van der Waals surface area contributed by atoms with Gasteiger partial charge in [-0.2, -0.15) is 0 Å². The highest BCUT2D eigenvalue weighted by Gasteiger charge is 2.32. The molecule has 23 heavy (non-hydrogen) atoms. The van der Waals surface area contributed by atoms with Crippen LogP contribution >= 0.6 is 11.6 Å². The Hall–Kier alpha value is -2.66. The summed E-state index contributed by atoms with van der Waals surface area (Å²) < 4.78 is 5.35. The molecule has 6 heteroatoms. The monoisotopic (exact) mass is 329 g/mol. The number of anilines is 1. The molecule has 0 unspecified atom stereocenters. The summed E-state index contributed by atoms with van der Waals surface area (Å²) in [6, 6.07) is 12.7. The Balaban J connectivity index is 1.89. The standard InChI is InChI=1S/C17H12ClNO4/c18-12-7-5-11(6-8-12)17(22)23-14-4-2-1-3-13(14)19-15(20)9-10-16(19)21/h1-8H,9-10H2. The summed E-state index contributed by atoms with van der Waals surface area (Å²) in [5, 5.41) is 0.509. The molecule has 1 aliphatic heterocycles. The number of hydrogen-bond donors (Lipinski definition) is 0. The predicted molar refractivity (Wildman–Crippen MR) is 84.6 cm³/mol. The first-order valence-electron chi connectivity index (χ1n) is 6.99. The molecule has 1 aliphatic rings. The zero-order chi connectivity index (χ0) is 16.4. The molecule has 116 valence electrons. The lowest BCUT2D eigenvalue weighted by atomic mass is 10.2. The van der Waals surface area contributed by atoms with Crippen molar-refractivity contribution in [3.8, 4) is 5.75 Å². The van der Waals surface area contributed by atoms with Crippen LogP contribution < -0.4 is 9.64 Å². The number of rotatable bonds is 3. The lowest BCUT2D eigenvalue weighted by molar-refractivity contribution is -0.121. The zero-order valence-corrected chi connectivity index (χ0v) is 12.7. The van der Waals surface area contributed by atoms with E-state index in [1.807, 2.05) is 0 Å². The van der Waals surface area contributed by atoms with E-state index in [0.717, 1.165) is 4.90 Å². The van der Waals surface area contributed by atoms with Gasteiger partial charge < -0.3 is 4.74 Å². The number of ether oxygens (including phenoxy) is 1. The maximum atomic E-state index is 12.2. The number of benzene rings is 2. The lowest BCUT2D eigenvalue weighted by Crippen LogP contribution is -2.29. The minimum Gasteiger partial charge on any atom is -0.421 e. The summed E-state index contributed by atoms with van der Waals surface area (Å²) in [6.45, 7) is 0. The molecule has 0 spiro atoms. The second-order valence-corrected chi connectivity index (χ2v) is 5.42. The number of imide groups is 1. The highest BCUT2D eigenvalue weighted by atomic mass is 35.5. The molecular weight excluding hydrogens is 318 g/mol. The van der Waals surface area contributed by atoms with Crippen molar-refractivity contribution in [3.63, 3.8) is 0 Å². The van der Waals surface area contributed by atoms with Gasteiger partial charge in [0.15, 0.2) is 5.75 Å². The van der Waals surface area contributed by atoms with E-state index in [1.165, 1.54) is 0 Å². The number of halogens is 1. The van der Waals surface area contributed by atoms with Crippen molar-refractivity contribution in [1.82, 2.24) is 0 Å². The lowest BCUT2D eigenvalue weighted by Gasteiger charge is -2.17. The van der Waals surface area contributed by atoms with Crippen LogP contribution in [0, 0.1) is 0 Å². The van der Waals surface area contributed by atoms with Crippen molar-refractivity contribution < 1.29 is 19.1 Å². The Morgan fingerprint density at radius 2 is 1.57 bits per heavy atom. The van der Waals surface area contributed by atoms with E-state index >= 15 is 0 Å². The number of nitrogens with zero attached hydrogens (tertiary/aromatic N) is 1. The molecule has 0 radical (unpaired) electrons. The fourth-order valence-corrected chi connectivity index (χ4v) is 2.44. The number of para-hydroxylation sites is 2. The minimum atomic E-state index is -0.590. The van der Waals surface area contributed by atoms with Crippen LogP contribution in [0.2, 0.25) is 5.02 Å². The Bertz CT molecular complexity index is 769. The fraction of sp³-hybridized carbons (Fsp3) is 0.118. The van der Waals surface area contributed by atoms with Crippen LogP contribution in [0.5, 0.6) is 5.75 Å². The van der Waals surface area contributed by atoms with Crippen LogP contribution in [0.15, 0.2) is 48.5 Å².